The van der Waals surface area contributed by atoms with Crippen molar-refractivity contribution in [2.24, 2.45) is 0 Å². The lowest BCUT2D eigenvalue weighted by atomic mass is 9.96. The largest absolute Gasteiger partial charge is 0.441 e. The van der Waals surface area contributed by atoms with Gasteiger partial charge in [0.05, 0.1) is 13.2 Å². The Kier molecular flexibility index (Phi) is 6.18. The van der Waals surface area contributed by atoms with E-state index in [1.807, 2.05) is 30.3 Å². The van der Waals surface area contributed by atoms with Gasteiger partial charge in [-0.15, -0.1) is 5.10 Å². The molecule has 35 heavy (non-hydrogen) atoms. The lowest BCUT2D eigenvalue weighted by Crippen LogP contribution is -2.41. The molecule has 0 bridgehead atoms. The van der Waals surface area contributed by atoms with Crippen LogP contribution in [0.25, 0.3) is 22.5 Å². The Morgan fingerprint density at radius 2 is 1.60 bits per heavy atom. The van der Waals surface area contributed by atoms with E-state index in [0.717, 1.165) is 42.4 Å². The molecule has 3 heterocycles. The van der Waals surface area contributed by atoms with Gasteiger partial charge in [0.25, 0.3) is 0 Å². The number of nitrogens with one attached hydrogen (secondary N) is 1. The number of alkyl carbamates (subject to hydrolysis) is 1. The van der Waals surface area contributed by atoms with E-state index in [1.54, 1.807) is 4.68 Å². The molecule has 182 valence electrons. The first-order valence-corrected chi connectivity index (χ1v) is 12.4. The van der Waals surface area contributed by atoms with Crippen molar-refractivity contribution in [3.63, 3.8) is 0 Å². The van der Waals surface area contributed by atoms with E-state index in [9.17, 15) is 4.79 Å². The smallest absolute Gasteiger partial charge is 0.407 e. The average Bonchev–Trinajstić information content (AvgIpc) is 3.63. The molecule has 1 aromatic heterocycles. The SMILES string of the molecule is O=C(NC1CCCCC1)OC1COC2C1OCC2n1nnnc1-c1ccc(-c2ccccc2)cc1. The molecule has 2 aliphatic heterocycles. The number of hydrogen-bond acceptors (Lipinski definition) is 7. The zero-order valence-electron chi connectivity index (χ0n) is 19.5. The normalized spacial score (nSPS) is 26.4. The van der Waals surface area contributed by atoms with Crippen LogP contribution in [-0.4, -0.2) is 63.9 Å². The lowest BCUT2D eigenvalue weighted by molar-refractivity contribution is 0.00174. The first kappa shape index (κ1) is 22.2. The van der Waals surface area contributed by atoms with Gasteiger partial charge in [-0.25, -0.2) is 9.48 Å². The predicted octanol–water partition coefficient (Wildman–Crippen LogP) is 3.77. The molecule has 4 atom stereocenters. The summed E-state index contributed by atoms with van der Waals surface area (Å²) in [5, 5.41) is 15.5. The van der Waals surface area contributed by atoms with Gasteiger partial charge in [0.2, 0.25) is 0 Å². The van der Waals surface area contributed by atoms with E-state index in [1.165, 1.54) is 6.42 Å². The molecule has 3 aliphatic rings. The standard InChI is InChI=1S/C26H29N5O4/c32-26(27-20-9-5-2-6-10-20)35-22-16-34-23-21(15-33-24(22)23)31-25(28-29-30-31)19-13-11-18(12-14-19)17-7-3-1-4-8-17/h1,3-4,7-8,11-14,20-24H,2,5-6,9-10,15-16H2,(H,27,32). The Morgan fingerprint density at radius 3 is 2.40 bits per heavy atom. The highest BCUT2D eigenvalue weighted by atomic mass is 16.6. The molecular formula is C26H29N5O4. The summed E-state index contributed by atoms with van der Waals surface area (Å²) in [5.41, 5.74) is 3.20. The molecule has 0 spiro atoms. The number of nitrogens with zero attached hydrogens (tertiary/aromatic N) is 4. The number of tetrazole rings is 1. The second-order valence-electron chi connectivity index (χ2n) is 9.48. The van der Waals surface area contributed by atoms with Gasteiger partial charge in [0.1, 0.15) is 18.2 Å². The van der Waals surface area contributed by atoms with Gasteiger partial charge in [-0.3, -0.25) is 0 Å². The second-order valence-corrected chi connectivity index (χ2v) is 9.48. The van der Waals surface area contributed by atoms with Gasteiger partial charge in [-0.1, -0.05) is 73.9 Å². The van der Waals surface area contributed by atoms with Gasteiger partial charge in [0.15, 0.2) is 11.9 Å². The number of fused-ring (bicyclic) bond motifs is 1. The maximum Gasteiger partial charge on any atom is 0.407 e. The Balaban J connectivity index is 1.13. The molecule has 3 fully saturated rings. The average molecular weight is 476 g/mol. The number of benzene rings is 2. The fourth-order valence-corrected chi connectivity index (χ4v) is 5.39. The Bertz CT molecular complexity index is 1150. The molecule has 1 N–H and O–H groups in total. The number of aromatic nitrogens is 4. The first-order valence-electron chi connectivity index (χ1n) is 12.4. The fraction of sp³-hybridized carbons (Fsp3) is 0.462. The number of rotatable bonds is 5. The number of hydrogen-bond donors (Lipinski definition) is 1. The van der Waals surface area contributed by atoms with Crippen molar-refractivity contribution in [3.05, 3.63) is 54.6 Å². The van der Waals surface area contributed by atoms with Crippen molar-refractivity contribution in [3.8, 4) is 22.5 Å². The molecule has 0 radical (unpaired) electrons. The molecule has 9 heteroatoms. The summed E-state index contributed by atoms with van der Waals surface area (Å²) in [7, 11) is 0. The van der Waals surface area contributed by atoms with Crippen molar-refractivity contribution in [1.82, 2.24) is 25.5 Å². The van der Waals surface area contributed by atoms with Crippen LogP contribution in [0.1, 0.15) is 38.1 Å². The minimum atomic E-state index is -0.446. The fourth-order valence-electron chi connectivity index (χ4n) is 5.39. The highest BCUT2D eigenvalue weighted by molar-refractivity contribution is 5.68. The molecular weight excluding hydrogens is 446 g/mol. The topological polar surface area (TPSA) is 100 Å². The minimum Gasteiger partial charge on any atom is -0.441 e. The molecule has 2 saturated heterocycles. The van der Waals surface area contributed by atoms with Crippen molar-refractivity contribution in [2.75, 3.05) is 13.2 Å². The van der Waals surface area contributed by atoms with Gasteiger partial charge in [0, 0.05) is 11.6 Å². The van der Waals surface area contributed by atoms with Crippen LogP contribution >= 0.6 is 0 Å². The monoisotopic (exact) mass is 475 g/mol. The van der Waals surface area contributed by atoms with Gasteiger partial charge >= 0.3 is 6.09 Å². The summed E-state index contributed by atoms with van der Waals surface area (Å²) >= 11 is 0. The summed E-state index contributed by atoms with van der Waals surface area (Å²) in [5.74, 6) is 0.655. The lowest BCUT2D eigenvalue weighted by Gasteiger charge is -2.24. The van der Waals surface area contributed by atoms with Crippen LogP contribution < -0.4 is 5.32 Å². The summed E-state index contributed by atoms with van der Waals surface area (Å²) in [4.78, 5) is 12.5. The summed E-state index contributed by atoms with van der Waals surface area (Å²) < 4.78 is 19.5. The van der Waals surface area contributed by atoms with Crippen molar-refractivity contribution in [1.29, 1.82) is 0 Å². The van der Waals surface area contributed by atoms with Crippen molar-refractivity contribution < 1.29 is 19.0 Å². The van der Waals surface area contributed by atoms with E-state index < -0.39 is 6.10 Å². The van der Waals surface area contributed by atoms with Crippen LogP contribution in [0.5, 0.6) is 0 Å². The molecule has 9 nitrogen and oxygen atoms in total. The molecule has 3 aromatic rings. The Morgan fingerprint density at radius 1 is 0.886 bits per heavy atom. The third-order valence-electron chi connectivity index (χ3n) is 7.22. The quantitative estimate of drug-likeness (QED) is 0.599. The van der Waals surface area contributed by atoms with Crippen molar-refractivity contribution in [2.45, 2.75) is 62.5 Å². The molecule has 1 aliphatic carbocycles. The van der Waals surface area contributed by atoms with E-state index in [4.69, 9.17) is 14.2 Å². The molecule has 4 unspecified atom stereocenters. The predicted molar refractivity (Wildman–Crippen MR) is 127 cm³/mol. The van der Waals surface area contributed by atoms with Crippen LogP contribution in [0.15, 0.2) is 54.6 Å². The highest BCUT2D eigenvalue weighted by Crippen LogP contribution is 2.37. The Labute approximate surface area is 203 Å². The number of carbonyl (C=O) groups is 1. The maximum absolute atomic E-state index is 12.5. The summed E-state index contributed by atoms with van der Waals surface area (Å²) in [6.45, 7) is 0.687. The molecule has 6 rings (SSSR count). The van der Waals surface area contributed by atoms with E-state index in [2.05, 4.69) is 45.1 Å². The van der Waals surface area contributed by atoms with Crippen LogP contribution in [0.2, 0.25) is 0 Å². The van der Waals surface area contributed by atoms with E-state index in [0.29, 0.717) is 19.0 Å². The van der Waals surface area contributed by atoms with E-state index >= 15 is 0 Å². The first-order chi connectivity index (χ1) is 17.3. The van der Waals surface area contributed by atoms with Crippen LogP contribution in [-0.2, 0) is 14.2 Å². The van der Waals surface area contributed by atoms with Crippen LogP contribution in [0.3, 0.4) is 0 Å². The van der Waals surface area contributed by atoms with Gasteiger partial charge < -0.3 is 19.5 Å². The zero-order valence-corrected chi connectivity index (χ0v) is 19.5. The number of ether oxygens (including phenoxy) is 3. The van der Waals surface area contributed by atoms with E-state index in [-0.39, 0.29) is 30.4 Å². The van der Waals surface area contributed by atoms with Crippen molar-refractivity contribution >= 4 is 6.09 Å². The van der Waals surface area contributed by atoms with Crippen LogP contribution in [0.4, 0.5) is 4.79 Å². The van der Waals surface area contributed by atoms with Crippen LogP contribution in [0, 0.1) is 0 Å². The maximum atomic E-state index is 12.5. The molecule has 1 amide bonds. The number of carbonyl (C=O) groups excluding carboxylic acids is 1. The zero-order chi connectivity index (χ0) is 23.6. The molecule has 2 aromatic carbocycles. The minimum absolute atomic E-state index is 0.198. The highest BCUT2D eigenvalue weighted by Gasteiger charge is 2.51. The van der Waals surface area contributed by atoms with Gasteiger partial charge in [-0.2, -0.15) is 0 Å². The summed E-state index contributed by atoms with van der Waals surface area (Å²) in [6.07, 6.45) is 4.09. The third-order valence-corrected chi connectivity index (χ3v) is 7.22. The summed E-state index contributed by atoms with van der Waals surface area (Å²) in [6, 6.07) is 18.4. The molecule has 1 saturated carbocycles. The van der Waals surface area contributed by atoms with Gasteiger partial charge in [-0.05, 0) is 34.4 Å². The second kappa shape index (κ2) is 9.75. The Hall–Kier alpha value is -3.30. The number of amides is 1. The third kappa shape index (κ3) is 4.53.